The Balaban J connectivity index is 3.15. The number of Topliss-reactive ketones (excluding diaryl/α,β-unsaturated/α-hetero) is 1. The molecular formula is C10H8F3NO4. The van der Waals surface area contributed by atoms with Crippen molar-refractivity contribution >= 4 is 11.5 Å². The number of ketones is 1. The molecule has 0 heterocycles. The summed E-state index contributed by atoms with van der Waals surface area (Å²) in [6.07, 6.45) is -4.64. The molecule has 1 aromatic carbocycles. The summed E-state index contributed by atoms with van der Waals surface area (Å²) in [5.41, 5.74) is -1.70. The molecule has 0 saturated carbocycles. The molecule has 1 aromatic rings. The molecule has 0 atom stereocenters. The Morgan fingerprint density at radius 1 is 1.44 bits per heavy atom. The number of alkyl halides is 3. The predicted octanol–water partition coefficient (Wildman–Crippen LogP) is 2.58. The van der Waals surface area contributed by atoms with Gasteiger partial charge in [-0.25, -0.2) is 0 Å². The number of rotatable bonds is 4. The molecule has 1 rings (SSSR count). The highest BCUT2D eigenvalue weighted by atomic mass is 19.4. The van der Waals surface area contributed by atoms with Gasteiger partial charge in [-0.05, 0) is 19.1 Å². The Labute approximate surface area is 99.3 Å². The fraction of sp³-hybridized carbons (Fsp3) is 0.300. The van der Waals surface area contributed by atoms with E-state index in [4.69, 9.17) is 4.74 Å². The van der Waals surface area contributed by atoms with Crippen LogP contribution < -0.4 is 4.74 Å². The number of halogens is 3. The molecule has 8 heteroatoms. The minimum Gasteiger partial charge on any atom is -0.479 e. The van der Waals surface area contributed by atoms with Crippen molar-refractivity contribution in [1.29, 1.82) is 0 Å². The Morgan fingerprint density at radius 3 is 2.50 bits per heavy atom. The standard InChI is InChI=1S/C10H8F3NO4/c1-6(15)5-18-9-4-7(10(11,12)13)2-3-8(9)14(16)17/h2-4H,5H2,1H3. The minimum absolute atomic E-state index is 0.457. The normalized spacial score (nSPS) is 11.1. The number of carbonyl (C=O) groups is 1. The van der Waals surface area contributed by atoms with E-state index in [1.54, 1.807) is 0 Å². The number of carbonyl (C=O) groups excluding carboxylic acids is 1. The molecule has 98 valence electrons. The summed E-state index contributed by atoms with van der Waals surface area (Å²) in [7, 11) is 0. The summed E-state index contributed by atoms with van der Waals surface area (Å²) in [5.74, 6) is -1.04. The molecular weight excluding hydrogens is 255 g/mol. The SMILES string of the molecule is CC(=O)COc1cc(C(F)(F)F)ccc1[N+](=O)[O-]. The summed E-state index contributed by atoms with van der Waals surface area (Å²) < 4.78 is 41.9. The summed E-state index contributed by atoms with van der Waals surface area (Å²) >= 11 is 0. The smallest absolute Gasteiger partial charge is 0.416 e. The first-order chi connectivity index (χ1) is 8.21. The van der Waals surface area contributed by atoms with Gasteiger partial charge in [0.2, 0.25) is 0 Å². The van der Waals surface area contributed by atoms with Gasteiger partial charge in [0, 0.05) is 6.07 Å². The zero-order valence-electron chi connectivity index (χ0n) is 9.15. The van der Waals surface area contributed by atoms with E-state index < -0.39 is 40.5 Å². The number of nitro groups is 1. The van der Waals surface area contributed by atoms with Gasteiger partial charge < -0.3 is 4.74 Å². The van der Waals surface area contributed by atoms with Crippen LogP contribution in [0.2, 0.25) is 0 Å². The lowest BCUT2D eigenvalue weighted by molar-refractivity contribution is -0.385. The second-order valence-corrected chi connectivity index (χ2v) is 3.43. The van der Waals surface area contributed by atoms with E-state index in [-0.39, 0.29) is 0 Å². The van der Waals surface area contributed by atoms with Crippen LogP contribution in [0, 0.1) is 10.1 Å². The van der Waals surface area contributed by atoms with Crippen LogP contribution in [0.1, 0.15) is 12.5 Å². The lowest BCUT2D eigenvalue weighted by atomic mass is 10.2. The van der Waals surface area contributed by atoms with E-state index in [9.17, 15) is 28.1 Å². The van der Waals surface area contributed by atoms with Gasteiger partial charge in [-0.3, -0.25) is 14.9 Å². The summed E-state index contributed by atoms with van der Waals surface area (Å²) in [6, 6.07) is 1.78. The van der Waals surface area contributed by atoms with Crippen molar-refractivity contribution in [3.8, 4) is 5.75 Å². The van der Waals surface area contributed by atoms with E-state index in [2.05, 4.69) is 0 Å². The van der Waals surface area contributed by atoms with Gasteiger partial charge in [-0.15, -0.1) is 0 Å². The first-order valence-electron chi connectivity index (χ1n) is 4.69. The number of ether oxygens (including phenoxy) is 1. The number of hydrogen-bond donors (Lipinski definition) is 0. The zero-order valence-corrected chi connectivity index (χ0v) is 9.15. The van der Waals surface area contributed by atoms with E-state index in [1.807, 2.05) is 0 Å². The molecule has 0 bridgehead atoms. The van der Waals surface area contributed by atoms with Crippen molar-refractivity contribution in [3.63, 3.8) is 0 Å². The average Bonchev–Trinajstić information content (AvgIpc) is 2.24. The second kappa shape index (κ2) is 5.03. The molecule has 0 unspecified atom stereocenters. The Morgan fingerprint density at radius 2 is 2.06 bits per heavy atom. The molecule has 0 saturated heterocycles. The molecule has 18 heavy (non-hydrogen) atoms. The Kier molecular flexibility index (Phi) is 3.89. The highest BCUT2D eigenvalue weighted by molar-refractivity contribution is 5.77. The van der Waals surface area contributed by atoms with Crippen LogP contribution in [-0.2, 0) is 11.0 Å². The summed E-state index contributed by atoms with van der Waals surface area (Å²) in [4.78, 5) is 20.4. The van der Waals surface area contributed by atoms with Gasteiger partial charge in [0.25, 0.3) is 0 Å². The zero-order chi connectivity index (χ0) is 13.9. The van der Waals surface area contributed by atoms with Gasteiger partial charge in [0.15, 0.2) is 11.5 Å². The summed E-state index contributed by atoms with van der Waals surface area (Å²) in [6.45, 7) is 0.627. The molecule has 0 aliphatic rings. The van der Waals surface area contributed by atoms with Gasteiger partial charge in [0.05, 0.1) is 10.5 Å². The second-order valence-electron chi connectivity index (χ2n) is 3.43. The third-order valence-corrected chi connectivity index (χ3v) is 1.91. The van der Waals surface area contributed by atoms with E-state index in [0.717, 1.165) is 6.92 Å². The number of nitrogens with zero attached hydrogens (tertiary/aromatic N) is 1. The van der Waals surface area contributed by atoms with Crippen LogP contribution in [-0.4, -0.2) is 17.3 Å². The van der Waals surface area contributed by atoms with Crippen LogP contribution in [0.5, 0.6) is 5.75 Å². The molecule has 0 amide bonds. The fourth-order valence-corrected chi connectivity index (χ4v) is 1.14. The molecule has 0 aliphatic carbocycles. The van der Waals surface area contributed by atoms with Crippen LogP contribution >= 0.6 is 0 Å². The maximum Gasteiger partial charge on any atom is 0.416 e. The first kappa shape index (κ1) is 13.9. The minimum atomic E-state index is -4.64. The number of benzene rings is 1. The largest absolute Gasteiger partial charge is 0.479 e. The van der Waals surface area contributed by atoms with Gasteiger partial charge in [0.1, 0.15) is 6.61 Å². The first-order valence-corrected chi connectivity index (χ1v) is 4.69. The van der Waals surface area contributed by atoms with E-state index >= 15 is 0 Å². The van der Waals surface area contributed by atoms with Crippen molar-refractivity contribution in [2.45, 2.75) is 13.1 Å². The predicted molar refractivity (Wildman–Crippen MR) is 54.3 cm³/mol. The highest BCUT2D eigenvalue weighted by Gasteiger charge is 2.32. The van der Waals surface area contributed by atoms with Crippen LogP contribution in [0.25, 0.3) is 0 Å². The highest BCUT2D eigenvalue weighted by Crippen LogP contribution is 2.35. The molecule has 0 spiro atoms. The summed E-state index contributed by atoms with van der Waals surface area (Å²) in [5, 5.41) is 10.6. The Bertz CT molecular complexity index is 485. The quantitative estimate of drug-likeness (QED) is 0.618. The molecule has 0 fully saturated rings. The number of hydrogen-bond acceptors (Lipinski definition) is 4. The van der Waals surface area contributed by atoms with Gasteiger partial charge >= 0.3 is 11.9 Å². The molecule has 0 radical (unpaired) electrons. The number of nitro benzene ring substituents is 1. The van der Waals surface area contributed by atoms with Crippen molar-refractivity contribution < 1.29 is 27.6 Å². The van der Waals surface area contributed by atoms with E-state index in [1.165, 1.54) is 0 Å². The third kappa shape index (κ3) is 3.44. The van der Waals surface area contributed by atoms with E-state index in [0.29, 0.717) is 18.2 Å². The monoisotopic (exact) mass is 263 g/mol. The van der Waals surface area contributed by atoms with Crippen LogP contribution in [0.15, 0.2) is 18.2 Å². The third-order valence-electron chi connectivity index (χ3n) is 1.91. The van der Waals surface area contributed by atoms with Crippen molar-refractivity contribution in [3.05, 3.63) is 33.9 Å². The topological polar surface area (TPSA) is 69.4 Å². The van der Waals surface area contributed by atoms with Crippen LogP contribution in [0.3, 0.4) is 0 Å². The van der Waals surface area contributed by atoms with Gasteiger partial charge in [-0.1, -0.05) is 0 Å². The lowest BCUT2D eigenvalue weighted by Crippen LogP contribution is -2.10. The van der Waals surface area contributed by atoms with Crippen molar-refractivity contribution in [2.24, 2.45) is 0 Å². The lowest BCUT2D eigenvalue weighted by Gasteiger charge is -2.09. The molecule has 0 aliphatic heterocycles. The maximum absolute atomic E-state index is 12.4. The maximum atomic E-state index is 12.4. The van der Waals surface area contributed by atoms with Gasteiger partial charge in [-0.2, -0.15) is 13.2 Å². The van der Waals surface area contributed by atoms with Crippen molar-refractivity contribution in [1.82, 2.24) is 0 Å². The fourth-order valence-electron chi connectivity index (χ4n) is 1.14. The molecule has 0 aromatic heterocycles. The van der Waals surface area contributed by atoms with Crippen molar-refractivity contribution in [2.75, 3.05) is 6.61 Å². The molecule has 5 nitrogen and oxygen atoms in total. The van der Waals surface area contributed by atoms with Crippen LogP contribution in [0.4, 0.5) is 18.9 Å². The average molecular weight is 263 g/mol. The Hall–Kier alpha value is -2.12. The molecule has 0 N–H and O–H groups in total.